The van der Waals surface area contributed by atoms with Crippen molar-refractivity contribution >= 4 is 34.0 Å². The van der Waals surface area contributed by atoms with Crippen molar-refractivity contribution in [2.45, 2.75) is 13.8 Å². The minimum atomic E-state index is -3.63. The van der Waals surface area contributed by atoms with E-state index >= 15 is 0 Å². The zero-order valence-corrected chi connectivity index (χ0v) is 15.2. The summed E-state index contributed by atoms with van der Waals surface area (Å²) < 4.78 is 38.1. The Morgan fingerprint density at radius 3 is 2.43 bits per heavy atom. The van der Waals surface area contributed by atoms with E-state index in [0.29, 0.717) is 13.1 Å². The van der Waals surface area contributed by atoms with Gasteiger partial charge < -0.3 is 10.6 Å². The van der Waals surface area contributed by atoms with Gasteiger partial charge in [-0.05, 0) is 30.2 Å². The van der Waals surface area contributed by atoms with Gasteiger partial charge in [0, 0.05) is 19.2 Å². The van der Waals surface area contributed by atoms with Crippen LogP contribution in [0.15, 0.2) is 18.2 Å². The lowest BCUT2D eigenvalue weighted by Crippen LogP contribution is -2.39. The van der Waals surface area contributed by atoms with Crippen LogP contribution in [0.4, 0.5) is 10.1 Å². The van der Waals surface area contributed by atoms with E-state index in [-0.39, 0.29) is 35.0 Å². The van der Waals surface area contributed by atoms with Crippen LogP contribution in [-0.4, -0.2) is 45.6 Å². The predicted octanol–water partition coefficient (Wildman–Crippen LogP) is 1.68. The van der Waals surface area contributed by atoms with Gasteiger partial charge in [0.25, 0.3) is 5.91 Å². The van der Waals surface area contributed by atoms with Gasteiger partial charge in [0.2, 0.25) is 10.0 Å². The largest absolute Gasteiger partial charge is 0.341 e. The van der Waals surface area contributed by atoms with Gasteiger partial charge in [-0.1, -0.05) is 13.8 Å². The summed E-state index contributed by atoms with van der Waals surface area (Å²) in [5, 5.41) is 0. The Hall–Kier alpha value is -1.38. The number of nitrogens with one attached hydrogen (secondary N) is 1. The molecule has 0 bridgehead atoms. The molecular weight excluding hydrogens is 345 g/mol. The first-order valence-corrected chi connectivity index (χ1v) is 8.57. The van der Waals surface area contributed by atoms with Crippen molar-refractivity contribution in [1.82, 2.24) is 4.90 Å². The summed E-state index contributed by atoms with van der Waals surface area (Å²) in [5.41, 5.74) is 5.34. The van der Waals surface area contributed by atoms with E-state index in [1.165, 1.54) is 17.0 Å². The Balaban J connectivity index is 0.00000484. The maximum Gasteiger partial charge on any atom is 0.253 e. The fourth-order valence-electron chi connectivity index (χ4n) is 1.94. The van der Waals surface area contributed by atoms with Crippen LogP contribution in [-0.2, 0) is 10.0 Å². The van der Waals surface area contributed by atoms with Crippen LogP contribution in [0.5, 0.6) is 0 Å². The second-order valence-corrected chi connectivity index (χ2v) is 7.85. The molecule has 0 aliphatic carbocycles. The molecule has 0 atom stereocenters. The zero-order chi connectivity index (χ0) is 17.1. The Bertz CT molecular complexity index is 665. The third-order valence-electron chi connectivity index (χ3n) is 3.07. The van der Waals surface area contributed by atoms with Gasteiger partial charge in [-0.25, -0.2) is 12.8 Å². The highest BCUT2D eigenvalue weighted by atomic mass is 35.5. The van der Waals surface area contributed by atoms with Gasteiger partial charge in [-0.15, -0.1) is 12.4 Å². The lowest BCUT2D eigenvalue weighted by Gasteiger charge is -2.29. The minimum absolute atomic E-state index is 0. The molecule has 1 rings (SSSR count). The fraction of sp³-hybridized carbons (Fsp3) is 0.500. The van der Waals surface area contributed by atoms with Crippen molar-refractivity contribution in [3.05, 3.63) is 29.6 Å². The van der Waals surface area contributed by atoms with Crippen molar-refractivity contribution < 1.29 is 17.6 Å². The van der Waals surface area contributed by atoms with Crippen LogP contribution in [0.2, 0.25) is 0 Å². The van der Waals surface area contributed by atoms with E-state index in [0.717, 1.165) is 12.3 Å². The lowest BCUT2D eigenvalue weighted by atomic mass is 9.93. The fourth-order valence-corrected chi connectivity index (χ4v) is 2.49. The Morgan fingerprint density at radius 1 is 1.39 bits per heavy atom. The third kappa shape index (κ3) is 6.72. The molecule has 0 radical (unpaired) electrons. The molecule has 6 nitrogen and oxygen atoms in total. The molecule has 0 aliphatic heterocycles. The predicted molar refractivity (Wildman–Crippen MR) is 91.9 cm³/mol. The van der Waals surface area contributed by atoms with Crippen molar-refractivity contribution in [3.63, 3.8) is 0 Å². The summed E-state index contributed by atoms with van der Waals surface area (Å²) in [7, 11) is -2.01. The monoisotopic (exact) mass is 367 g/mol. The van der Waals surface area contributed by atoms with E-state index in [9.17, 15) is 17.6 Å². The number of halogens is 2. The number of hydrogen-bond acceptors (Lipinski definition) is 4. The molecule has 1 amide bonds. The smallest absolute Gasteiger partial charge is 0.253 e. The van der Waals surface area contributed by atoms with Crippen molar-refractivity contribution in [3.8, 4) is 0 Å². The number of carbonyl (C=O) groups is 1. The summed E-state index contributed by atoms with van der Waals surface area (Å²) in [6, 6.07) is 3.56. The quantitative estimate of drug-likeness (QED) is 0.800. The summed E-state index contributed by atoms with van der Waals surface area (Å²) in [6.45, 7) is 4.69. The minimum Gasteiger partial charge on any atom is -0.341 e. The highest BCUT2D eigenvalue weighted by Crippen LogP contribution is 2.20. The number of nitrogens with zero attached hydrogens (tertiary/aromatic N) is 1. The SMILES string of the molecule is CN(CC(C)(C)CN)C(=O)c1ccc(F)c(NS(C)(=O)=O)c1.Cl. The lowest BCUT2D eigenvalue weighted by molar-refractivity contribution is 0.0740. The molecule has 132 valence electrons. The van der Waals surface area contributed by atoms with Gasteiger partial charge in [0.05, 0.1) is 11.9 Å². The average molecular weight is 368 g/mol. The van der Waals surface area contributed by atoms with Gasteiger partial charge >= 0.3 is 0 Å². The van der Waals surface area contributed by atoms with Crippen molar-refractivity contribution in [2.75, 3.05) is 31.1 Å². The number of nitrogens with two attached hydrogens (primary N) is 1. The molecule has 0 aliphatic rings. The van der Waals surface area contributed by atoms with Crippen LogP contribution >= 0.6 is 12.4 Å². The van der Waals surface area contributed by atoms with E-state index in [1.807, 2.05) is 18.6 Å². The number of carbonyl (C=O) groups excluding carboxylic acids is 1. The molecule has 0 heterocycles. The first kappa shape index (κ1) is 21.6. The first-order valence-electron chi connectivity index (χ1n) is 6.68. The van der Waals surface area contributed by atoms with Crippen LogP contribution in [0, 0.1) is 11.2 Å². The molecule has 0 aromatic heterocycles. The Morgan fingerprint density at radius 2 is 1.96 bits per heavy atom. The van der Waals surface area contributed by atoms with Crippen LogP contribution in [0.3, 0.4) is 0 Å². The number of rotatable bonds is 6. The summed E-state index contributed by atoms with van der Waals surface area (Å²) in [4.78, 5) is 13.8. The Labute approximate surface area is 142 Å². The van der Waals surface area contributed by atoms with Crippen LogP contribution < -0.4 is 10.5 Å². The maximum absolute atomic E-state index is 13.6. The molecule has 1 aromatic rings. The standard InChI is InChI=1S/C14H22FN3O3S.ClH/c1-14(2,8-16)9-18(3)13(19)10-5-6-11(15)12(7-10)17-22(4,20)21;/h5-7,17H,8-9,16H2,1-4H3;1H. The maximum atomic E-state index is 13.6. The summed E-state index contributed by atoms with van der Waals surface area (Å²) in [6.07, 6.45) is 0.914. The molecule has 23 heavy (non-hydrogen) atoms. The normalized spacial score (nSPS) is 11.6. The van der Waals surface area contributed by atoms with Crippen molar-refractivity contribution in [2.24, 2.45) is 11.1 Å². The highest BCUT2D eigenvalue weighted by Gasteiger charge is 2.22. The number of sulfonamides is 1. The second kappa shape index (κ2) is 7.94. The van der Waals surface area contributed by atoms with E-state index in [1.54, 1.807) is 7.05 Å². The number of anilines is 1. The second-order valence-electron chi connectivity index (χ2n) is 6.10. The molecule has 3 N–H and O–H groups in total. The third-order valence-corrected chi connectivity index (χ3v) is 3.66. The number of hydrogen-bond donors (Lipinski definition) is 2. The molecular formula is C14H23ClFN3O3S. The first-order chi connectivity index (χ1) is 9.95. The van der Waals surface area contributed by atoms with E-state index in [2.05, 4.69) is 0 Å². The molecule has 0 fully saturated rings. The number of amides is 1. The molecule has 0 saturated heterocycles. The topological polar surface area (TPSA) is 92.5 Å². The molecule has 0 unspecified atom stereocenters. The molecule has 0 saturated carbocycles. The van der Waals surface area contributed by atoms with Gasteiger partial charge in [-0.3, -0.25) is 9.52 Å². The van der Waals surface area contributed by atoms with Crippen LogP contribution in [0.25, 0.3) is 0 Å². The highest BCUT2D eigenvalue weighted by molar-refractivity contribution is 7.92. The molecule has 9 heteroatoms. The molecule has 1 aromatic carbocycles. The van der Waals surface area contributed by atoms with E-state index < -0.39 is 15.8 Å². The number of benzene rings is 1. The summed E-state index contributed by atoms with van der Waals surface area (Å²) in [5.74, 6) is -1.08. The Kier molecular flexibility index (Phi) is 7.46. The van der Waals surface area contributed by atoms with Gasteiger partial charge in [0.1, 0.15) is 5.82 Å². The van der Waals surface area contributed by atoms with Gasteiger partial charge in [0.15, 0.2) is 0 Å². The van der Waals surface area contributed by atoms with Gasteiger partial charge in [-0.2, -0.15) is 0 Å². The zero-order valence-electron chi connectivity index (χ0n) is 13.6. The van der Waals surface area contributed by atoms with E-state index in [4.69, 9.17) is 5.73 Å². The molecule has 0 spiro atoms. The summed E-state index contributed by atoms with van der Waals surface area (Å²) >= 11 is 0. The average Bonchev–Trinajstić information content (AvgIpc) is 2.38. The van der Waals surface area contributed by atoms with Crippen LogP contribution in [0.1, 0.15) is 24.2 Å². The van der Waals surface area contributed by atoms with Crippen molar-refractivity contribution in [1.29, 1.82) is 0 Å².